The van der Waals surface area contributed by atoms with E-state index in [1.165, 1.54) is 11.1 Å². The minimum atomic E-state index is -0.196. The second-order valence-electron chi connectivity index (χ2n) is 4.26. The van der Waals surface area contributed by atoms with Gasteiger partial charge in [0.2, 0.25) is 5.95 Å². The quantitative estimate of drug-likeness (QED) is 0.801. The Morgan fingerprint density at radius 2 is 2.06 bits per heavy atom. The number of hydrogen-bond donors (Lipinski definition) is 0. The zero-order valence-electron chi connectivity index (χ0n) is 9.98. The van der Waals surface area contributed by atoms with Gasteiger partial charge in [0.1, 0.15) is 0 Å². The van der Waals surface area contributed by atoms with Gasteiger partial charge in [-0.25, -0.2) is 9.97 Å². The van der Waals surface area contributed by atoms with Crippen molar-refractivity contribution in [2.45, 2.75) is 12.8 Å². The number of anilines is 1. The smallest absolute Gasteiger partial charge is 0.273 e. The minimum absolute atomic E-state index is 0.196. The van der Waals surface area contributed by atoms with Crippen molar-refractivity contribution in [2.75, 3.05) is 32.1 Å². The van der Waals surface area contributed by atoms with Gasteiger partial charge in [-0.2, -0.15) is 0 Å². The third-order valence-electron chi connectivity index (χ3n) is 2.73. The number of hydrogen-bond acceptors (Lipinski definition) is 4. The van der Waals surface area contributed by atoms with Crippen LogP contribution in [0.25, 0.3) is 0 Å². The molecule has 5 nitrogen and oxygen atoms in total. The Kier molecular flexibility index (Phi) is 3.47. The molecule has 17 heavy (non-hydrogen) atoms. The fraction of sp³-hybridized carbons (Fsp3) is 0.545. The summed E-state index contributed by atoms with van der Waals surface area (Å²) in [5.41, 5.74) is 0.272. The lowest BCUT2D eigenvalue weighted by molar-refractivity contribution is 0.0822. The molecule has 0 N–H and O–H groups in total. The van der Waals surface area contributed by atoms with Crippen LogP contribution in [-0.2, 0) is 0 Å². The molecular formula is C11H15ClN4O. The van der Waals surface area contributed by atoms with E-state index in [9.17, 15) is 4.79 Å². The Hall–Kier alpha value is -1.36. The number of nitrogens with zero attached hydrogens (tertiary/aromatic N) is 4. The number of carbonyl (C=O) groups is 1. The van der Waals surface area contributed by atoms with Crippen molar-refractivity contribution in [2.24, 2.45) is 0 Å². The van der Waals surface area contributed by atoms with Crippen LogP contribution in [0.2, 0.25) is 5.02 Å². The monoisotopic (exact) mass is 254 g/mol. The van der Waals surface area contributed by atoms with Crippen LogP contribution in [-0.4, -0.2) is 48.0 Å². The van der Waals surface area contributed by atoms with Gasteiger partial charge < -0.3 is 9.80 Å². The Morgan fingerprint density at radius 3 is 2.65 bits per heavy atom. The van der Waals surface area contributed by atoms with Crippen molar-refractivity contribution in [3.63, 3.8) is 0 Å². The van der Waals surface area contributed by atoms with Crippen LogP contribution in [0.1, 0.15) is 23.3 Å². The zero-order chi connectivity index (χ0) is 12.4. The highest BCUT2D eigenvalue weighted by Crippen LogP contribution is 2.20. The fourth-order valence-corrected chi connectivity index (χ4v) is 1.96. The van der Waals surface area contributed by atoms with E-state index in [0.717, 1.165) is 25.9 Å². The van der Waals surface area contributed by atoms with Gasteiger partial charge in [-0.3, -0.25) is 4.79 Å². The normalized spacial score (nSPS) is 15.1. The van der Waals surface area contributed by atoms with E-state index in [1.807, 2.05) is 0 Å². The largest absolute Gasteiger partial charge is 0.343 e. The Morgan fingerprint density at radius 1 is 1.41 bits per heavy atom. The zero-order valence-corrected chi connectivity index (χ0v) is 10.7. The Bertz CT molecular complexity index is 429. The number of halogens is 1. The average Bonchev–Trinajstić information content (AvgIpc) is 2.82. The second kappa shape index (κ2) is 4.87. The highest BCUT2D eigenvalue weighted by atomic mass is 35.5. The lowest BCUT2D eigenvalue weighted by Gasteiger charge is -2.17. The first-order valence-corrected chi connectivity index (χ1v) is 5.96. The molecule has 2 rings (SSSR count). The third-order valence-corrected chi connectivity index (χ3v) is 3.01. The molecule has 0 saturated carbocycles. The van der Waals surface area contributed by atoms with Crippen molar-refractivity contribution >= 4 is 23.5 Å². The van der Waals surface area contributed by atoms with Gasteiger partial charge in [0, 0.05) is 27.2 Å². The van der Waals surface area contributed by atoms with Gasteiger partial charge in [-0.1, -0.05) is 11.6 Å². The van der Waals surface area contributed by atoms with E-state index in [0.29, 0.717) is 11.0 Å². The van der Waals surface area contributed by atoms with E-state index in [1.54, 1.807) is 14.1 Å². The van der Waals surface area contributed by atoms with Crippen LogP contribution in [0.4, 0.5) is 5.95 Å². The number of rotatable bonds is 2. The number of carbonyl (C=O) groups excluding carboxylic acids is 1. The lowest BCUT2D eigenvalue weighted by Crippen LogP contribution is -2.26. The van der Waals surface area contributed by atoms with E-state index >= 15 is 0 Å². The summed E-state index contributed by atoms with van der Waals surface area (Å²) in [5, 5.41) is 0.298. The van der Waals surface area contributed by atoms with Crippen LogP contribution < -0.4 is 4.90 Å². The molecule has 1 aliphatic rings. The summed E-state index contributed by atoms with van der Waals surface area (Å²) in [5.74, 6) is 0.398. The molecule has 0 aromatic carbocycles. The summed E-state index contributed by atoms with van der Waals surface area (Å²) in [7, 11) is 3.35. The van der Waals surface area contributed by atoms with Crippen LogP contribution in [0.15, 0.2) is 6.20 Å². The molecule has 0 bridgehead atoms. The summed E-state index contributed by atoms with van der Waals surface area (Å²) in [6, 6.07) is 0. The van der Waals surface area contributed by atoms with Crippen LogP contribution >= 0.6 is 11.6 Å². The molecule has 2 heterocycles. The number of amides is 1. The molecule has 1 aromatic heterocycles. The summed E-state index contributed by atoms with van der Waals surface area (Å²) < 4.78 is 0. The van der Waals surface area contributed by atoms with Gasteiger partial charge in [-0.05, 0) is 12.8 Å². The predicted octanol–water partition coefficient (Wildman–Crippen LogP) is 1.43. The molecule has 0 unspecified atom stereocenters. The van der Waals surface area contributed by atoms with Crippen LogP contribution in [0.3, 0.4) is 0 Å². The van der Waals surface area contributed by atoms with Crippen molar-refractivity contribution in [3.05, 3.63) is 16.9 Å². The SMILES string of the molecule is CN(C)C(=O)c1nc(N2CCCC2)ncc1Cl. The predicted molar refractivity (Wildman–Crippen MR) is 66.5 cm³/mol. The molecule has 6 heteroatoms. The van der Waals surface area contributed by atoms with Gasteiger partial charge >= 0.3 is 0 Å². The van der Waals surface area contributed by atoms with Crippen molar-refractivity contribution in [3.8, 4) is 0 Å². The summed E-state index contributed by atoms with van der Waals surface area (Å²) in [6.07, 6.45) is 3.78. The molecular weight excluding hydrogens is 240 g/mol. The Balaban J connectivity index is 2.31. The molecule has 1 fully saturated rings. The van der Waals surface area contributed by atoms with E-state index in [4.69, 9.17) is 11.6 Å². The van der Waals surface area contributed by atoms with E-state index < -0.39 is 0 Å². The van der Waals surface area contributed by atoms with Crippen molar-refractivity contribution in [1.29, 1.82) is 0 Å². The van der Waals surface area contributed by atoms with Gasteiger partial charge in [0.05, 0.1) is 11.2 Å². The third kappa shape index (κ3) is 2.49. The maximum absolute atomic E-state index is 11.9. The average molecular weight is 255 g/mol. The maximum atomic E-state index is 11.9. The molecule has 92 valence electrons. The summed E-state index contributed by atoms with van der Waals surface area (Å²) >= 11 is 5.95. The van der Waals surface area contributed by atoms with Crippen molar-refractivity contribution < 1.29 is 4.79 Å². The fourth-order valence-electron chi connectivity index (χ4n) is 1.79. The molecule has 0 spiro atoms. The van der Waals surface area contributed by atoms with Gasteiger partial charge in [0.25, 0.3) is 5.91 Å². The highest BCUT2D eigenvalue weighted by molar-refractivity contribution is 6.33. The first-order valence-electron chi connectivity index (χ1n) is 5.58. The molecule has 0 atom stereocenters. The minimum Gasteiger partial charge on any atom is -0.343 e. The molecule has 0 radical (unpaired) electrons. The van der Waals surface area contributed by atoms with E-state index in [-0.39, 0.29) is 11.6 Å². The standard InChI is InChI=1S/C11H15ClN4O/c1-15(2)10(17)9-8(12)7-13-11(14-9)16-5-3-4-6-16/h7H,3-6H2,1-2H3. The summed E-state index contributed by atoms with van der Waals surface area (Å²) in [6.45, 7) is 1.88. The molecule has 1 saturated heterocycles. The summed E-state index contributed by atoms with van der Waals surface area (Å²) in [4.78, 5) is 23.8. The maximum Gasteiger partial charge on any atom is 0.273 e. The Labute approximate surface area is 105 Å². The molecule has 1 amide bonds. The van der Waals surface area contributed by atoms with Gasteiger partial charge in [-0.15, -0.1) is 0 Å². The highest BCUT2D eigenvalue weighted by Gasteiger charge is 2.20. The van der Waals surface area contributed by atoms with Crippen molar-refractivity contribution in [1.82, 2.24) is 14.9 Å². The second-order valence-corrected chi connectivity index (χ2v) is 4.67. The van der Waals surface area contributed by atoms with Crippen LogP contribution in [0, 0.1) is 0 Å². The number of aromatic nitrogens is 2. The first kappa shape index (κ1) is 12.1. The molecule has 0 aliphatic carbocycles. The molecule has 1 aromatic rings. The van der Waals surface area contributed by atoms with Crippen LogP contribution in [0.5, 0.6) is 0 Å². The topological polar surface area (TPSA) is 49.3 Å². The van der Waals surface area contributed by atoms with Gasteiger partial charge in [0.15, 0.2) is 5.69 Å². The lowest BCUT2D eigenvalue weighted by atomic mass is 10.3. The first-order chi connectivity index (χ1) is 8.09. The van der Waals surface area contributed by atoms with E-state index in [2.05, 4.69) is 14.9 Å². The molecule has 1 aliphatic heterocycles.